The zero-order valence-electron chi connectivity index (χ0n) is 11.3. The molecule has 0 spiro atoms. The molecule has 6 nitrogen and oxygen atoms in total. The zero-order chi connectivity index (χ0) is 14.9. The Morgan fingerprint density at radius 2 is 1.85 bits per heavy atom. The van der Waals surface area contributed by atoms with E-state index in [9.17, 15) is 18.0 Å². The van der Waals surface area contributed by atoms with Gasteiger partial charge in [0.1, 0.15) is 0 Å². The Balaban J connectivity index is 1.99. The van der Waals surface area contributed by atoms with Gasteiger partial charge in [0.05, 0.1) is 17.4 Å². The lowest BCUT2D eigenvalue weighted by atomic mass is 10.2. The molecule has 0 bridgehead atoms. The number of amides is 2. The SMILES string of the molecule is CN1C(=O)CC(NCc2ccc(S(C)(=O)=O)cc2)C1=O. The molecule has 1 aliphatic heterocycles. The Morgan fingerprint density at radius 1 is 1.25 bits per heavy atom. The summed E-state index contributed by atoms with van der Waals surface area (Å²) < 4.78 is 22.6. The Kier molecular flexibility index (Phi) is 3.92. The van der Waals surface area contributed by atoms with Crippen molar-refractivity contribution in [1.29, 1.82) is 0 Å². The van der Waals surface area contributed by atoms with Crippen LogP contribution < -0.4 is 5.32 Å². The number of hydrogen-bond acceptors (Lipinski definition) is 5. The van der Waals surface area contributed by atoms with Crippen LogP contribution in [-0.2, 0) is 26.0 Å². The van der Waals surface area contributed by atoms with E-state index in [1.807, 2.05) is 0 Å². The predicted octanol–water partition coefficient (Wildman–Crippen LogP) is -0.0630. The first kappa shape index (κ1) is 14.7. The lowest BCUT2D eigenvalue weighted by Gasteiger charge is -2.11. The molecule has 1 aromatic rings. The van der Waals surface area contributed by atoms with Gasteiger partial charge in [0, 0.05) is 19.8 Å². The lowest BCUT2D eigenvalue weighted by molar-refractivity contribution is -0.137. The van der Waals surface area contributed by atoms with Gasteiger partial charge in [-0.15, -0.1) is 0 Å². The molecule has 2 rings (SSSR count). The summed E-state index contributed by atoms with van der Waals surface area (Å²) >= 11 is 0. The van der Waals surface area contributed by atoms with Gasteiger partial charge in [0.15, 0.2) is 9.84 Å². The fourth-order valence-electron chi connectivity index (χ4n) is 2.01. The van der Waals surface area contributed by atoms with Crippen LogP contribution in [0.1, 0.15) is 12.0 Å². The van der Waals surface area contributed by atoms with Crippen LogP contribution in [0.15, 0.2) is 29.2 Å². The minimum atomic E-state index is -3.20. The normalized spacial score (nSPS) is 19.7. The minimum absolute atomic E-state index is 0.163. The van der Waals surface area contributed by atoms with Gasteiger partial charge < -0.3 is 5.32 Å². The predicted molar refractivity (Wildman–Crippen MR) is 72.6 cm³/mol. The van der Waals surface area contributed by atoms with Gasteiger partial charge in [0.2, 0.25) is 11.8 Å². The summed E-state index contributed by atoms with van der Waals surface area (Å²) in [6.07, 6.45) is 1.32. The van der Waals surface area contributed by atoms with E-state index in [2.05, 4.69) is 5.32 Å². The highest BCUT2D eigenvalue weighted by molar-refractivity contribution is 7.90. The number of benzene rings is 1. The number of likely N-dealkylation sites (N-methyl/N-ethyl adjacent to an activating group) is 1. The summed E-state index contributed by atoms with van der Waals surface area (Å²) in [5, 5.41) is 3.01. The number of carbonyl (C=O) groups is 2. The second kappa shape index (κ2) is 5.34. The Morgan fingerprint density at radius 3 is 2.30 bits per heavy atom. The standard InChI is InChI=1S/C13H16N2O4S/c1-15-12(16)7-11(13(15)17)14-8-9-3-5-10(6-4-9)20(2,18)19/h3-6,11,14H,7-8H2,1-2H3. The van der Waals surface area contributed by atoms with Crippen LogP contribution in [0.25, 0.3) is 0 Å². The number of carbonyl (C=O) groups excluding carboxylic acids is 2. The van der Waals surface area contributed by atoms with E-state index in [-0.39, 0.29) is 23.1 Å². The topological polar surface area (TPSA) is 83.6 Å². The number of nitrogens with zero attached hydrogens (tertiary/aromatic N) is 1. The van der Waals surface area contributed by atoms with Crippen LogP contribution in [0.2, 0.25) is 0 Å². The maximum absolute atomic E-state index is 11.7. The monoisotopic (exact) mass is 296 g/mol. The highest BCUT2D eigenvalue weighted by atomic mass is 32.2. The second-order valence-electron chi connectivity index (χ2n) is 4.84. The quantitative estimate of drug-likeness (QED) is 0.787. The van der Waals surface area contributed by atoms with E-state index < -0.39 is 15.9 Å². The van der Waals surface area contributed by atoms with Crippen molar-refractivity contribution in [2.24, 2.45) is 0 Å². The molecule has 1 unspecified atom stereocenters. The number of rotatable bonds is 4. The molecule has 1 saturated heterocycles. The van der Waals surface area contributed by atoms with Crippen LogP contribution in [-0.4, -0.2) is 44.5 Å². The third-order valence-electron chi connectivity index (χ3n) is 3.29. The van der Waals surface area contributed by atoms with E-state index >= 15 is 0 Å². The molecule has 1 N–H and O–H groups in total. The third-order valence-corrected chi connectivity index (χ3v) is 4.41. The molecule has 7 heteroatoms. The van der Waals surface area contributed by atoms with Crippen LogP contribution in [0.4, 0.5) is 0 Å². The molecule has 0 aromatic heterocycles. The molecular weight excluding hydrogens is 280 g/mol. The molecule has 20 heavy (non-hydrogen) atoms. The summed E-state index contributed by atoms with van der Waals surface area (Å²) in [5.41, 5.74) is 0.854. The van der Waals surface area contributed by atoms with Crippen molar-refractivity contribution in [1.82, 2.24) is 10.2 Å². The van der Waals surface area contributed by atoms with Crippen molar-refractivity contribution >= 4 is 21.7 Å². The number of imide groups is 1. The molecule has 1 aliphatic rings. The number of sulfone groups is 1. The van der Waals surface area contributed by atoms with Gasteiger partial charge in [-0.3, -0.25) is 14.5 Å². The molecule has 2 amide bonds. The van der Waals surface area contributed by atoms with Crippen LogP contribution >= 0.6 is 0 Å². The van der Waals surface area contributed by atoms with Crippen molar-refractivity contribution in [3.8, 4) is 0 Å². The summed E-state index contributed by atoms with van der Waals surface area (Å²) in [4.78, 5) is 24.4. The highest BCUT2D eigenvalue weighted by Crippen LogP contribution is 2.13. The van der Waals surface area contributed by atoms with Gasteiger partial charge in [-0.1, -0.05) is 12.1 Å². The van der Waals surface area contributed by atoms with E-state index in [0.717, 1.165) is 16.7 Å². The molecule has 0 aliphatic carbocycles. The molecular formula is C13H16N2O4S. The molecule has 0 saturated carbocycles. The van der Waals surface area contributed by atoms with Crippen LogP contribution in [0.3, 0.4) is 0 Å². The van der Waals surface area contributed by atoms with Crippen molar-refractivity contribution in [3.05, 3.63) is 29.8 Å². The summed E-state index contributed by atoms with van der Waals surface area (Å²) in [6.45, 7) is 0.404. The number of hydrogen-bond donors (Lipinski definition) is 1. The number of nitrogens with one attached hydrogen (secondary N) is 1. The van der Waals surface area contributed by atoms with Crippen molar-refractivity contribution in [2.75, 3.05) is 13.3 Å². The van der Waals surface area contributed by atoms with Crippen molar-refractivity contribution in [3.63, 3.8) is 0 Å². The molecule has 1 atom stereocenters. The summed E-state index contributed by atoms with van der Waals surface area (Å²) in [7, 11) is -1.73. The maximum atomic E-state index is 11.7. The summed E-state index contributed by atoms with van der Waals surface area (Å²) in [6, 6.07) is 5.94. The van der Waals surface area contributed by atoms with E-state index in [0.29, 0.717) is 6.54 Å². The van der Waals surface area contributed by atoms with Gasteiger partial charge in [-0.05, 0) is 17.7 Å². The second-order valence-corrected chi connectivity index (χ2v) is 6.86. The first-order valence-corrected chi connectivity index (χ1v) is 8.01. The first-order chi connectivity index (χ1) is 9.29. The van der Waals surface area contributed by atoms with Gasteiger partial charge in [-0.2, -0.15) is 0 Å². The average Bonchev–Trinajstić information content (AvgIpc) is 2.63. The third kappa shape index (κ3) is 3.05. The van der Waals surface area contributed by atoms with Crippen molar-refractivity contribution in [2.45, 2.75) is 23.9 Å². The molecule has 1 heterocycles. The smallest absolute Gasteiger partial charge is 0.246 e. The lowest BCUT2D eigenvalue weighted by Crippen LogP contribution is -2.36. The molecule has 0 radical (unpaired) electrons. The van der Waals surface area contributed by atoms with Crippen LogP contribution in [0.5, 0.6) is 0 Å². The molecule has 108 valence electrons. The van der Waals surface area contributed by atoms with E-state index in [4.69, 9.17) is 0 Å². The minimum Gasteiger partial charge on any atom is -0.301 e. The largest absolute Gasteiger partial charge is 0.301 e. The highest BCUT2D eigenvalue weighted by Gasteiger charge is 2.35. The fourth-order valence-corrected chi connectivity index (χ4v) is 2.64. The number of likely N-dealkylation sites (tertiary alicyclic amines) is 1. The van der Waals surface area contributed by atoms with E-state index in [1.165, 1.54) is 19.2 Å². The maximum Gasteiger partial charge on any atom is 0.246 e. The Hall–Kier alpha value is -1.73. The van der Waals surface area contributed by atoms with E-state index in [1.54, 1.807) is 12.1 Å². The fraction of sp³-hybridized carbons (Fsp3) is 0.385. The average molecular weight is 296 g/mol. The Bertz CT molecular complexity index is 637. The Labute approximate surface area is 117 Å². The van der Waals surface area contributed by atoms with Crippen molar-refractivity contribution < 1.29 is 18.0 Å². The zero-order valence-corrected chi connectivity index (χ0v) is 12.1. The van der Waals surface area contributed by atoms with Crippen LogP contribution in [0, 0.1) is 0 Å². The van der Waals surface area contributed by atoms with Gasteiger partial charge >= 0.3 is 0 Å². The molecule has 1 aromatic carbocycles. The first-order valence-electron chi connectivity index (χ1n) is 6.12. The summed E-state index contributed by atoms with van der Waals surface area (Å²) in [5.74, 6) is -0.428. The van der Waals surface area contributed by atoms with Gasteiger partial charge in [0.25, 0.3) is 0 Å². The van der Waals surface area contributed by atoms with Gasteiger partial charge in [-0.25, -0.2) is 8.42 Å². The molecule has 1 fully saturated rings.